The van der Waals surface area contributed by atoms with Gasteiger partial charge in [-0.3, -0.25) is 4.79 Å². The highest BCUT2D eigenvalue weighted by Crippen LogP contribution is 2.60. The van der Waals surface area contributed by atoms with E-state index in [0.29, 0.717) is 19.0 Å². The lowest BCUT2D eigenvalue weighted by atomic mass is 9.49. The molecule has 4 nitrogen and oxygen atoms in total. The van der Waals surface area contributed by atoms with E-state index in [0.717, 1.165) is 53.9 Å². The van der Waals surface area contributed by atoms with Gasteiger partial charge in [-0.25, -0.2) is 4.98 Å². The molecule has 4 heteroatoms. The molecule has 0 aliphatic heterocycles. The van der Waals surface area contributed by atoms with Crippen molar-refractivity contribution >= 4 is 22.6 Å². The van der Waals surface area contributed by atoms with Crippen LogP contribution in [-0.2, 0) is 4.79 Å². The average molecular weight is 392 g/mol. The lowest BCUT2D eigenvalue weighted by molar-refractivity contribution is -0.146. The van der Waals surface area contributed by atoms with Gasteiger partial charge in [0.2, 0.25) is 5.91 Å². The summed E-state index contributed by atoms with van der Waals surface area (Å²) in [7, 11) is 0. The normalized spacial score (nSPS) is 30.0. The molecule has 29 heavy (non-hydrogen) atoms. The second-order valence-corrected chi connectivity index (χ2v) is 10.2. The Bertz CT molecular complexity index is 929. The van der Waals surface area contributed by atoms with E-state index in [1.54, 1.807) is 0 Å². The van der Waals surface area contributed by atoms with Crippen molar-refractivity contribution in [3.63, 3.8) is 0 Å². The summed E-state index contributed by atoms with van der Waals surface area (Å²) in [6.45, 7) is 7.74. The number of carbonyl (C=O) groups is 1. The van der Waals surface area contributed by atoms with Crippen LogP contribution in [0.1, 0.15) is 55.2 Å². The molecule has 1 heterocycles. The monoisotopic (exact) mass is 391 g/mol. The molecular formula is C25H33N3O. The minimum absolute atomic E-state index is 0.0543. The van der Waals surface area contributed by atoms with Gasteiger partial charge in [-0.15, -0.1) is 0 Å². The number of aromatic nitrogens is 1. The first-order chi connectivity index (χ1) is 13.9. The first-order valence-corrected chi connectivity index (χ1v) is 11.3. The second-order valence-electron chi connectivity index (χ2n) is 10.2. The molecule has 1 aromatic heterocycles. The molecule has 4 aliphatic carbocycles. The van der Waals surface area contributed by atoms with Gasteiger partial charge in [0, 0.05) is 23.9 Å². The van der Waals surface area contributed by atoms with Crippen molar-refractivity contribution in [2.45, 2.75) is 59.3 Å². The third-order valence-corrected chi connectivity index (χ3v) is 7.84. The Morgan fingerprint density at radius 2 is 1.52 bits per heavy atom. The minimum Gasteiger partial charge on any atom is -0.368 e. The Balaban J connectivity index is 1.20. The molecular weight excluding hydrogens is 358 g/mol. The number of pyridine rings is 1. The van der Waals surface area contributed by atoms with Crippen molar-refractivity contribution in [1.82, 2.24) is 10.3 Å². The van der Waals surface area contributed by atoms with Crippen LogP contribution in [0.5, 0.6) is 0 Å². The highest BCUT2D eigenvalue weighted by molar-refractivity contribution is 5.84. The zero-order valence-corrected chi connectivity index (χ0v) is 18.0. The van der Waals surface area contributed by atoms with Gasteiger partial charge in [-0.05, 0) is 112 Å². The lowest BCUT2D eigenvalue weighted by Gasteiger charge is -2.55. The van der Waals surface area contributed by atoms with Crippen LogP contribution in [-0.4, -0.2) is 24.0 Å². The van der Waals surface area contributed by atoms with Gasteiger partial charge >= 0.3 is 0 Å². The smallest absolute Gasteiger partial charge is 0.226 e. The highest BCUT2D eigenvalue weighted by atomic mass is 16.2. The van der Waals surface area contributed by atoms with E-state index in [2.05, 4.69) is 49.6 Å². The lowest BCUT2D eigenvalue weighted by Crippen LogP contribution is -2.54. The fraction of sp³-hybridized carbons (Fsp3) is 0.600. The van der Waals surface area contributed by atoms with Crippen LogP contribution in [0.25, 0.3) is 10.9 Å². The van der Waals surface area contributed by atoms with Gasteiger partial charge in [0.05, 0.1) is 5.52 Å². The highest BCUT2D eigenvalue weighted by Gasteiger charge is 2.54. The zero-order valence-electron chi connectivity index (χ0n) is 18.0. The Hall–Kier alpha value is -2.10. The average Bonchev–Trinajstić information content (AvgIpc) is 2.66. The fourth-order valence-electron chi connectivity index (χ4n) is 6.66. The Morgan fingerprint density at radius 1 is 0.931 bits per heavy atom. The van der Waals surface area contributed by atoms with Crippen LogP contribution in [0.15, 0.2) is 18.2 Å². The number of amides is 1. The van der Waals surface area contributed by atoms with Gasteiger partial charge in [0.1, 0.15) is 5.82 Å². The van der Waals surface area contributed by atoms with Crippen molar-refractivity contribution in [3.05, 3.63) is 34.9 Å². The largest absolute Gasteiger partial charge is 0.368 e. The molecule has 6 rings (SSSR count). The van der Waals surface area contributed by atoms with Crippen molar-refractivity contribution in [3.8, 4) is 0 Å². The summed E-state index contributed by atoms with van der Waals surface area (Å²) in [5, 5.41) is 7.88. The van der Waals surface area contributed by atoms with Gasteiger partial charge < -0.3 is 10.6 Å². The number of fused-ring (bicyclic) bond motifs is 1. The summed E-state index contributed by atoms with van der Waals surface area (Å²) in [4.78, 5) is 17.9. The second kappa shape index (κ2) is 7.00. The molecule has 154 valence electrons. The molecule has 1 aromatic carbocycles. The Labute approximate surface area is 173 Å². The van der Waals surface area contributed by atoms with Crippen LogP contribution < -0.4 is 10.6 Å². The van der Waals surface area contributed by atoms with Gasteiger partial charge in [-0.1, -0.05) is 0 Å². The summed E-state index contributed by atoms with van der Waals surface area (Å²) in [5.74, 6) is 3.66. The first-order valence-electron chi connectivity index (χ1n) is 11.3. The van der Waals surface area contributed by atoms with E-state index in [-0.39, 0.29) is 5.41 Å². The van der Waals surface area contributed by atoms with Crippen LogP contribution in [0.3, 0.4) is 0 Å². The molecule has 4 aliphatic rings. The molecule has 1 amide bonds. The first kappa shape index (κ1) is 18.9. The molecule has 0 spiro atoms. The predicted octanol–water partition coefficient (Wildman–Crippen LogP) is 4.90. The number of nitrogens with zero attached hydrogens (tertiary/aromatic N) is 1. The fourth-order valence-corrected chi connectivity index (χ4v) is 6.66. The molecule has 0 radical (unpaired) electrons. The quantitative estimate of drug-likeness (QED) is 0.713. The molecule has 2 aromatic rings. The number of anilines is 1. The van der Waals surface area contributed by atoms with Crippen molar-refractivity contribution in [2.24, 2.45) is 23.2 Å². The van der Waals surface area contributed by atoms with Gasteiger partial charge in [0.25, 0.3) is 0 Å². The SMILES string of the molecule is Cc1cc2cc(C)c(NCCNC(=O)C34CC5CC(CC(C5)C3)C4)nc2cc1C. The van der Waals surface area contributed by atoms with Crippen molar-refractivity contribution in [2.75, 3.05) is 18.4 Å². The maximum atomic E-state index is 13.1. The predicted molar refractivity (Wildman–Crippen MR) is 118 cm³/mol. The number of hydrogen-bond donors (Lipinski definition) is 2. The van der Waals surface area contributed by atoms with E-state index < -0.39 is 0 Å². The van der Waals surface area contributed by atoms with Crippen LogP contribution >= 0.6 is 0 Å². The summed E-state index contributed by atoms with van der Waals surface area (Å²) in [5.41, 5.74) is 4.68. The standard InChI is InChI=1S/C25H33N3O/c1-15-6-21-7-17(3)23(28-22(21)8-16(15)2)26-4-5-27-24(29)25-12-18-9-19(13-25)11-20(10-18)14-25/h6-8,18-20H,4-5,9-14H2,1-3H3,(H,26,28)(H,27,29). The van der Waals surface area contributed by atoms with Crippen molar-refractivity contribution in [1.29, 1.82) is 0 Å². The van der Waals surface area contributed by atoms with Gasteiger partial charge in [0.15, 0.2) is 0 Å². The van der Waals surface area contributed by atoms with E-state index in [4.69, 9.17) is 4.98 Å². The number of carbonyl (C=O) groups excluding carboxylic acids is 1. The van der Waals surface area contributed by atoms with E-state index in [9.17, 15) is 4.79 Å². The van der Waals surface area contributed by atoms with Gasteiger partial charge in [-0.2, -0.15) is 0 Å². The Kier molecular flexibility index (Phi) is 4.56. The number of nitrogens with one attached hydrogen (secondary N) is 2. The third kappa shape index (κ3) is 3.41. The number of benzene rings is 1. The van der Waals surface area contributed by atoms with Crippen LogP contribution in [0, 0.1) is 43.9 Å². The summed E-state index contributed by atoms with van der Waals surface area (Å²) in [6, 6.07) is 6.56. The molecule has 4 saturated carbocycles. The summed E-state index contributed by atoms with van der Waals surface area (Å²) >= 11 is 0. The minimum atomic E-state index is -0.0543. The molecule has 2 N–H and O–H groups in total. The Morgan fingerprint density at radius 3 is 2.17 bits per heavy atom. The van der Waals surface area contributed by atoms with Crippen LogP contribution in [0.2, 0.25) is 0 Å². The summed E-state index contributed by atoms with van der Waals surface area (Å²) < 4.78 is 0. The topological polar surface area (TPSA) is 54.0 Å². The van der Waals surface area contributed by atoms with E-state index >= 15 is 0 Å². The van der Waals surface area contributed by atoms with E-state index in [1.165, 1.54) is 35.8 Å². The zero-order chi connectivity index (χ0) is 20.2. The third-order valence-electron chi connectivity index (χ3n) is 7.84. The maximum Gasteiger partial charge on any atom is 0.226 e. The maximum absolute atomic E-state index is 13.1. The molecule has 0 saturated heterocycles. The molecule has 0 atom stereocenters. The summed E-state index contributed by atoms with van der Waals surface area (Å²) in [6.07, 6.45) is 7.51. The molecule has 0 unspecified atom stereocenters. The molecule has 4 bridgehead atoms. The number of aryl methyl sites for hydroxylation is 3. The van der Waals surface area contributed by atoms with Crippen molar-refractivity contribution < 1.29 is 4.79 Å². The number of hydrogen-bond acceptors (Lipinski definition) is 3. The van der Waals surface area contributed by atoms with E-state index in [1.807, 2.05) is 0 Å². The number of rotatable bonds is 5. The van der Waals surface area contributed by atoms with Crippen LogP contribution in [0.4, 0.5) is 5.82 Å². The molecule has 4 fully saturated rings.